The number of carbonyl (C=O) groups excluding carboxylic acids is 1. The molecular formula is C14H20ClNO3. The molecule has 1 aromatic carbocycles. The van der Waals surface area contributed by atoms with Crippen LogP contribution in [0.1, 0.15) is 30.6 Å². The van der Waals surface area contributed by atoms with E-state index in [-0.39, 0.29) is 5.91 Å². The van der Waals surface area contributed by atoms with E-state index in [9.17, 15) is 4.79 Å². The maximum atomic E-state index is 12.3. The number of carbonyl (C=O) groups is 1. The lowest BCUT2D eigenvalue weighted by Crippen LogP contribution is -2.47. The molecule has 0 aromatic heterocycles. The minimum atomic E-state index is -0.438. The highest BCUT2D eigenvalue weighted by Crippen LogP contribution is 2.31. The second-order valence-electron chi connectivity index (χ2n) is 4.54. The van der Waals surface area contributed by atoms with Crippen molar-refractivity contribution >= 4 is 17.5 Å². The first-order chi connectivity index (χ1) is 9.01. The molecule has 5 heteroatoms. The topological polar surface area (TPSA) is 47.6 Å². The zero-order valence-corrected chi connectivity index (χ0v) is 12.5. The molecule has 19 heavy (non-hydrogen) atoms. The van der Waals surface area contributed by atoms with E-state index in [0.717, 1.165) is 6.42 Å². The van der Waals surface area contributed by atoms with E-state index < -0.39 is 5.54 Å². The Balaban J connectivity index is 3.06. The summed E-state index contributed by atoms with van der Waals surface area (Å²) < 4.78 is 10.4. The number of rotatable bonds is 6. The molecule has 0 saturated carbocycles. The zero-order chi connectivity index (χ0) is 14.5. The van der Waals surface area contributed by atoms with E-state index >= 15 is 0 Å². The molecule has 0 saturated heterocycles. The van der Waals surface area contributed by atoms with Crippen molar-refractivity contribution in [3.8, 4) is 11.5 Å². The van der Waals surface area contributed by atoms with Gasteiger partial charge in [0.1, 0.15) is 0 Å². The molecule has 1 aromatic rings. The number of halogens is 1. The van der Waals surface area contributed by atoms with Crippen molar-refractivity contribution in [3.05, 3.63) is 23.8 Å². The van der Waals surface area contributed by atoms with Crippen molar-refractivity contribution < 1.29 is 14.3 Å². The van der Waals surface area contributed by atoms with Gasteiger partial charge >= 0.3 is 0 Å². The number of hydrogen-bond acceptors (Lipinski definition) is 3. The van der Waals surface area contributed by atoms with Crippen LogP contribution in [0, 0.1) is 0 Å². The van der Waals surface area contributed by atoms with Gasteiger partial charge in [-0.05, 0) is 25.5 Å². The van der Waals surface area contributed by atoms with Gasteiger partial charge in [0.05, 0.1) is 25.3 Å². The second-order valence-corrected chi connectivity index (χ2v) is 4.81. The summed E-state index contributed by atoms with van der Waals surface area (Å²) in [4.78, 5) is 12.3. The summed E-state index contributed by atoms with van der Waals surface area (Å²) in [5.41, 5.74) is -0.00107. The number of amides is 1. The largest absolute Gasteiger partial charge is 0.493 e. The van der Waals surface area contributed by atoms with Gasteiger partial charge in [0, 0.05) is 5.88 Å². The van der Waals surface area contributed by atoms with Gasteiger partial charge in [0.2, 0.25) is 0 Å². The summed E-state index contributed by atoms with van der Waals surface area (Å²) in [5, 5.41) is 2.93. The average molecular weight is 286 g/mol. The summed E-state index contributed by atoms with van der Waals surface area (Å²) >= 11 is 5.90. The molecule has 4 nitrogen and oxygen atoms in total. The lowest BCUT2D eigenvalue weighted by molar-refractivity contribution is 0.0908. The highest BCUT2D eigenvalue weighted by Gasteiger charge is 2.26. The Hall–Kier alpha value is -1.42. The smallest absolute Gasteiger partial charge is 0.255 e. The second kappa shape index (κ2) is 6.66. The molecule has 106 valence electrons. The van der Waals surface area contributed by atoms with Gasteiger partial charge < -0.3 is 14.8 Å². The number of hydrogen-bond donors (Lipinski definition) is 1. The van der Waals surface area contributed by atoms with Gasteiger partial charge in [0.15, 0.2) is 11.5 Å². The summed E-state index contributed by atoms with van der Waals surface area (Å²) in [6.07, 6.45) is 0.745. The molecule has 0 fully saturated rings. The summed E-state index contributed by atoms with van der Waals surface area (Å²) in [6, 6.07) is 5.19. The Morgan fingerprint density at radius 1 is 1.37 bits per heavy atom. The van der Waals surface area contributed by atoms with E-state index in [4.69, 9.17) is 21.1 Å². The lowest BCUT2D eigenvalue weighted by Gasteiger charge is -2.27. The normalized spacial score (nSPS) is 13.5. The van der Waals surface area contributed by atoms with Gasteiger partial charge in [-0.25, -0.2) is 0 Å². The van der Waals surface area contributed by atoms with Crippen LogP contribution < -0.4 is 14.8 Å². The summed E-state index contributed by atoms with van der Waals surface area (Å²) in [7, 11) is 3.05. The molecule has 0 aliphatic carbocycles. The van der Waals surface area contributed by atoms with E-state index in [0.29, 0.717) is 22.9 Å². The van der Waals surface area contributed by atoms with Crippen molar-refractivity contribution in [2.45, 2.75) is 25.8 Å². The third-order valence-corrected chi connectivity index (χ3v) is 3.73. The molecular weight excluding hydrogens is 266 g/mol. The fraction of sp³-hybridized carbons (Fsp3) is 0.500. The Bertz CT molecular complexity index is 444. The number of alkyl halides is 1. The Labute approximate surface area is 119 Å². The van der Waals surface area contributed by atoms with Crippen LogP contribution >= 0.6 is 11.6 Å². The molecule has 1 rings (SSSR count). The summed E-state index contributed by atoms with van der Waals surface area (Å²) in [5.74, 6) is 1.08. The maximum Gasteiger partial charge on any atom is 0.255 e. The van der Waals surface area contributed by atoms with Crippen molar-refractivity contribution in [2.75, 3.05) is 20.1 Å². The van der Waals surface area contributed by atoms with E-state index in [1.54, 1.807) is 18.2 Å². The molecule has 1 N–H and O–H groups in total. The molecule has 0 aliphatic rings. The minimum Gasteiger partial charge on any atom is -0.493 e. The molecule has 0 radical (unpaired) electrons. The molecule has 0 heterocycles. The molecule has 0 spiro atoms. The van der Waals surface area contributed by atoms with Crippen LogP contribution in [0.4, 0.5) is 0 Å². The molecule has 1 amide bonds. The number of nitrogens with one attached hydrogen (secondary N) is 1. The van der Waals surface area contributed by atoms with E-state index in [1.807, 2.05) is 13.8 Å². The Kier molecular flexibility index (Phi) is 5.48. The molecule has 0 bridgehead atoms. The predicted molar refractivity (Wildman–Crippen MR) is 76.4 cm³/mol. The van der Waals surface area contributed by atoms with Crippen molar-refractivity contribution in [3.63, 3.8) is 0 Å². The predicted octanol–water partition coefficient (Wildman–Crippen LogP) is 2.84. The quantitative estimate of drug-likeness (QED) is 0.818. The van der Waals surface area contributed by atoms with Crippen molar-refractivity contribution in [1.29, 1.82) is 0 Å². The number of methoxy groups -OCH3 is 2. The SMILES string of the molecule is CCC(C)(CCl)NC(=O)c1cccc(OC)c1OC. The third-order valence-electron chi connectivity index (χ3n) is 3.14. The van der Waals surface area contributed by atoms with Crippen LogP contribution in [0.15, 0.2) is 18.2 Å². The van der Waals surface area contributed by atoms with Gasteiger partial charge in [-0.2, -0.15) is 0 Å². The van der Waals surface area contributed by atoms with Crippen LogP contribution in [0.3, 0.4) is 0 Å². The highest BCUT2D eigenvalue weighted by molar-refractivity contribution is 6.18. The fourth-order valence-electron chi connectivity index (χ4n) is 1.62. The first kappa shape index (κ1) is 15.6. The van der Waals surface area contributed by atoms with E-state index in [1.165, 1.54) is 14.2 Å². The van der Waals surface area contributed by atoms with Crippen LogP contribution in [-0.2, 0) is 0 Å². The maximum absolute atomic E-state index is 12.3. The van der Waals surface area contributed by atoms with Crippen LogP contribution in [0.5, 0.6) is 11.5 Å². The minimum absolute atomic E-state index is 0.222. The molecule has 1 atom stereocenters. The van der Waals surface area contributed by atoms with E-state index in [2.05, 4.69) is 5.32 Å². The van der Waals surface area contributed by atoms with Crippen LogP contribution in [-0.4, -0.2) is 31.5 Å². The number of benzene rings is 1. The van der Waals surface area contributed by atoms with Gasteiger partial charge in [0.25, 0.3) is 5.91 Å². The monoisotopic (exact) mass is 285 g/mol. The van der Waals surface area contributed by atoms with Crippen LogP contribution in [0.2, 0.25) is 0 Å². The Morgan fingerprint density at radius 2 is 2.05 bits per heavy atom. The zero-order valence-electron chi connectivity index (χ0n) is 11.7. The van der Waals surface area contributed by atoms with Gasteiger partial charge in [-0.3, -0.25) is 4.79 Å². The number of para-hydroxylation sites is 1. The highest BCUT2D eigenvalue weighted by atomic mass is 35.5. The first-order valence-electron chi connectivity index (χ1n) is 6.10. The third kappa shape index (κ3) is 3.53. The fourth-order valence-corrected chi connectivity index (χ4v) is 1.88. The average Bonchev–Trinajstić information content (AvgIpc) is 2.45. The lowest BCUT2D eigenvalue weighted by atomic mass is 10.0. The van der Waals surface area contributed by atoms with Gasteiger partial charge in [-0.1, -0.05) is 13.0 Å². The Morgan fingerprint density at radius 3 is 2.53 bits per heavy atom. The number of ether oxygens (including phenoxy) is 2. The van der Waals surface area contributed by atoms with Crippen LogP contribution in [0.25, 0.3) is 0 Å². The van der Waals surface area contributed by atoms with Gasteiger partial charge in [-0.15, -0.1) is 11.6 Å². The molecule has 0 aliphatic heterocycles. The summed E-state index contributed by atoms with van der Waals surface area (Å²) in [6.45, 7) is 3.88. The standard InChI is InChI=1S/C14H20ClNO3/c1-5-14(2,9-15)16-13(17)10-7-6-8-11(18-3)12(10)19-4/h6-8H,5,9H2,1-4H3,(H,16,17). The van der Waals surface area contributed by atoms with Crippen molar-refractivity contribution in [1.82, 2.24) is 5.32 Å². The first-order valence-corrected chi connectivity index (χ1v) is 6.64. The van der Waals surface area contributed by atoms with Crippen molar-refractivity contribution in [2.24, 2.45) is 0 Å². The molecule has 1 unspecified atom stereocenters.